The topological polar surface area (TPSA) is 52.6 Å². The summed E-state index contributed by atoms with van der Waals surface area (Å²) in [7, 11) is 2.70. The molecule has 0 aliphatic rings. The van der Waals surface area contributed by atoms with Crippen molar-refractivity contribution in [2.24, 2.45) is 0 Å². The van der Waals surface area contributed by atoms with E-state index in [4.69, 9.17) is 0 Å². The fourth-order valence-electron chi connectivity index (χ4n) is 1.47. The van der Waals surface area contributed by atoms with E-state index in [1.54, 1.807) is 8.87 Å². The van der Waals surface area contributed by atoms with Crippen LogP contribution in [0.15, 0.2) is 0 Å². The van der Waals surface area contributed by atoms with Crippen LogP contribution < -0.4 is 0 Å². The number of ether oxygens (including phenoxy) is 2. The summed E-state index contributed by atoms with van der Waals surface area (Å²) >= 11 is 0.149. The standard InChI is InChI=1S/C8H14O4.2C4H9.Sn/c1-11-7(9)5-3-4-6-8(10)12-2;2*1-3-4-2;/h3-6H2,1-2H3;2*1,3-4H2,2H3;. The molecule has 5 heteroatoms. The molecule has 0 aromatic carbocycles. The van der Waals surface area contributed by atoms with Gasteiger partial charge in [-0.25, -0.2) is 0 Å². The second kappa shape index (κ2) is 19.7. The minimum absolute atomic E-state index is 0.149. The zero-order valence-electron chi connectivity index (χ0n) is 14.2. The maximum atomic E-state index is 10.6. The third-order valence-corrected chi connectivity index (χ3v) is 6.92. The maximum absolute atomic E-state index is 10.6. The van der Waals surface area contributed by atoms with E-state index in [-0.39, 0.29) is 33.1 Å². The first kappa shape index (κ1) is 23.0. The van der Waals surface area contributed by atoms with Gasteiger partial charge in [-0.05, 0) is 12.8 Å². The molecule has 0 aliphatic carbocycles. The molecule has 0 amide bonds. The van der Waals surface area contributed by atoms with E-state index in [1.807, 2.05) is 0 Å². The van der Waals surface area contributed by atoms with E-state index < -0.39 is 0 Å². The van der Waals surface area contributed by atoms with Crippen LogP contribution in [0.1, 0.15) is 65.2 Å². The van der Waals surface area contributed by atoms with E-state index >= 15 is 0 Å². The van der Waals surface area contributed by atoms with Crippen molar-refractivity contribution < 1.29 is 19.1 Å². The summed E-state index contributed by atoms with van der Waals surface area (Å²) in [5.74, 6) is -0.472. The first-order valence-electron chi connectivity index (χ1n) is 7.96. The molecule has 0 rings (SSSR count). The Hall–Kier alpha value is -0.261. The van der Waals surface area contributed by atoms with Crippen molar-refractivity contribution in [3.05, 3.63) is 0 Å². The summed E-state index contributed by atoms with van der Waals surface area (Å²) in [6, 6.07) is 0. The van der Waals surface area contributed by atoms with Crippen molar-refractivity contribution in [2.45, 2.75) is 74.1 Å². The number of esters is 2. The van der Waals surface area contributed by atoms with Crippen LogP contribution >= 0.6 is 0 Å². The van der Waals surface area contributed by atoms with Crippen molar-refractivity contribution >= 4 is 33.1 Å². The van der Waals surface area contributed by atoms with Crippen LogP contribution in [0.5, 0.6) is 0 Å². The van der Waals surface area contributed by atoms with Gasteiger partial charge in [0.1, 0.15) is 0 Å². The molecule has 4 nitrogen and oxygen atoms in total. The zero-order chi connectivity index (χ0) is 16.3. The molecule has 0 spiro atoms. The molecular formula is C16H32O4Sn. The van der Waals surface area contributed by atoms with Gasteiger partial charge in [0.2, 0.25) is 0 Å². The number of unbranched alkanes of at least 4 members (excludes halogenated alkanes) is 3. The number of carbonyl (C=O) groups is 2. The van der Waals surface area contributed by atoms with Gasteiger partial charge in [-0.15, -0.1) is 0 Å². The van der Waals surface area contributed by atoms with Crippen LogP contribution in [0, 0.1) is 0 Å². The molecular weight excluding hydrogens is 375 g/mol. The first-order chi connectivity index (χ1) is 10.1. The Morgan fingerprint density at radius 1 is 0.762 bits per heavy atom. The molecule has 0 heterocycles. The Morgan fingerprint density at radius 2 is 1.14 bits per heavy atom. The predicted octanol–water partition coefficient (Wildman–Crippen LogP) is 4.02. The Kier molecular flexibility index (Phi) is 21.6. The predicted molar refractivity (Wildman–Crippen MR) is 87.7 cm³/mol. The Bertz CT molecular complexity index is 220. The number of methoxy groups -OCH3 is 2. The van der Waals surface area contributed by atoms with E-state index in [9.17, 15) is 9.59 Å². The minimum atomic E-state index is -0.236. The minimum Gasteiger partial charge on any atom is -0.469 e. The Labute approximate surface area is 140 Å². The molecule has 0 saturated heterocycles. The van der Waals surface area contributed by atoms with Crippen molar-refractivity contribution in [1.29, 1.82) is 0 Å². The van der Waals surface area contributed by atoms with Crippen LogP contribution in [0.25, 0.3) is 0 Å². The molecule has 0 aliphatic heterocycles. The van der Waals surface area contributed by atoms with Crippen molar-refractivity contribution in [1.82, 2.24) is 0 Å². The quantitative estimate of drug-likeness (QED) is 0.295. The van der Waals surface area contributed by atoms with Gasteiger partial charge in [0.25, 0.3) is 0 Å². The third kappa shape index (κ3) is 22.2. The van der Waals surface area contributed by atoms with Gasteiger partial charge in [0.05, 0.1) is 14.2 Å². The molecule has 124 valence electrons. The average molecular weight is 407 g/mol. The molecule has 0 N–H and O–H groups in total. The van der Waals surface area contributed by atoms with Gasteiger partial charge >= 0.3 is 81.5 Å². The van der Waals surface area contributed by atoms with Gasteiger partial charge in [-0.1, -0.05) is 0 Å². The van der Waals surface area contributed by atoms with Crippen LogP contribution in [-0.2, 0) is 19.1 Å². The van der Waals surface area contributed by atoms with E-state index in [2.05, 4.69) is 23.3 Å². The molecule has 0 aromatic rings. The normalized spacial score (nSPS) is 9.52. The van der Waals surface area contributed by atoms with Gasteiger partial charge in [-0.2, -0.15) is 0 Å². The van der Waals surface area contributed by atoms with Gasteiger partial charge < -0.3 is 9.47 Å². The number of rotatable bonds is 11. The molecule has 0 bridgehead atoms. The Morgan fingerprint density at radius 3 is 1.43 bits per heavy atom. The fraction of sp³-hybridized carbons (Fsp3) is 0.875. The monoisotopic (exact) mass is 408 g/mol. The summed E-state index contributed by atoms with van der Waals surface area (Å²) in [4.78, 5) is 21.2. The second-order valence-corrected chi connectivity index (χ2v) is 9.10. The van der Waals surface area contributed by atoms with E-state index in [0.717, 1.165) is 0 Å². The second-order valence-electron chi connectivity index (χ2n) is 4.82. The summed E-state index contributed by atoms with van der Waals surface area (Å²) < 4.78 is 12.1. The largest absolute Gasteiger partial charge is 0.469 e. The average Bonchev–Trinajstić information content (AvgIpc) is 2.51. The number of hydrogen-bond acceptors (Lipinski definition) is 4. The van der Waals surface area contributed by atoms with E-state index in [1.165, 1.54) is 39.9 Å². The fourth-order valence-corrected chi connectivity index (χ4v) is 5.63. The summed E-state index contributed by atoms with van der Waals surface area (Å²) in [6.07, 6.45) is 7.91. The number of carbonyl (C=O) groups excluding carboxylic acids is 2. The summed E-state index contributed by atoms with van der Waals surface area (Å²) in [5, 5.41) is 0. The zero-order valence-corrected chi connectivity index (χ0v) is 17.1. The molecule has 0 atom stereocenters. The van der Waals surface area contributed by atoms with Crippen LogP contribution in [0.3, 0.4) is 0 Å². The van der Waals surface area contributed by atoms with E-state index in [0.29, 0.717) is 25.7 Å². The van der Waals surface area contributed by atoms with Crippen LogP contribution in [0.4, 0.5) is 0 Å². The molecule has 21 heavy (non-hydrogen) atoms. The van der Waals surface area contributed by atoms with Crippen molar-refractivity contribution in [2.75, 3.05) is 14.2 Å². The summed E-state index contributed by atoms with van der Waals surface area (Å²) in [6.45, 7) is 4.58. The van der Waals surface area contributed by atoms with Crippen LogP contribution in [0.2, 0.25) is 8.87 Å². The van der Waals surface area contributed by atoms with Crippen molar-refractivity contribution in [3.63, 3.8) is 0 Å². The van der Waals surface area contributed by atoms with Crippen LogP contribution in [-0.4, -0.2) is 47.3 Å². The molecule has 0 fully saturated rings. The van der Waals surface area contributed by atoms with Gasteiger partial charge in [0, 0.05) is 12.8 Å². The molecule has 0 saturated carbocycles. The molecule has 0 unspecified atom stereocenters. The smallest absolute Gasteiger partial charge is 0.305 e. The van der Waals surface area contributed by atoms with Crippen molar-refractivity contribution in [3.8, 4) is 0 Å². The van der Waals surface area contributed by atoms with Gasteiger partial charge in [0.15, 0.2) is 0 Å². The summed E-state index contributed by atoms with van der Waals surface area (Å²) in [5.41, 5.74) is 0. The van der Waals surface area contributed by atoms with Gasteiger partial charge in [-0.3, -0.25) is 9.59 Å². The Balaban J connectivity index is 0. The number of hydrogen-bond donors (Lipinski definition) is 0. The first-order valence-corrected chi connectivity index (χ1v) is 12.0. The molecule has 2 radical (unpaired) electrons. The third-order valence-electron chi connectivity index (χ3n) is 2.88. The maximum Gasteiger partial charge on any atom is 0.305 e. The molecule has 0 aromatic heterocycles. The SMILES string of the molecule is CCC[CH2][Sn][CH2]CCC.COC(=O)CCCCC(=O)OC.